The van der Waals surface area contributed by atoms with Gasteiger partial charge in [-0.25, -0.2) is 9.97 Å². The van der Waals surface area contributed by atoms with Crippen LogP contribution in [-0.4, -0.2) is 35.1 Å². The highest BCUT2D eigenvalue weighted by molar-refractivity contribution is 7.21. The van der Waals surface area contributed by atoms with Gasteiger partial charge in [0.05, 0.1) is 11.0 Å². The summed E-state index contributed by atoms with van der Waals surface area (Å²) in [6.07, 6.45) is 5.92. The zero-order valence-electron chi connectivity index (χ0n) is 37.4. The number of benzene rings is 9. The van der Waals surface area contributed by atoms with E-state index < -0.39 is 16.1 Å². The van der Waals surface area contributed by atoms with E-state index in [0.717, 1.165) is 55.7 Å². The predicted octanol–water partition coefficient (Wildman–Crippen LogP) is 8.99. The Balaban J connectivity index is 1.05. The van der Waals surface area contributed by atoms with Crippen molar-refractivity contribution < 1.29 is 4.74 Å². The van der Waals surface area contributed by atoms with E-state index in [1.54, 1.807) is 0 Å². The summed E-state index contributed by atoms with van der Waals surface area (Å²) in [7, 11) is -5.98. The number of para-hydroxylation sites is 2. The van der Waals surface area contributed by atoms with Crippen LogP contribution in [0.25, 0.3) is 54.9 Å². The lowest BCUT2D eigenvalue weighted by atomic mass is 10.1. The monoisotopic (exact) mass is 914 g/mol. The van der Waals surface area contributed by atoms with Crippen LogP contribution in [0.1, 0.15) is 0 Å². The Labute approximate surface area is 400 Å². The van der Waals surface area contributed by atoms with Crippen LogP contribution < -0.4 is 46.2 Å². The third-order valence-electron chi connectivity index (χ3n) is 14.7. The van der Waals surface area contributed by atoms with Crippen molar-refractivity contribution in [3.63, 3.8) is 0 Å². The number of fused-ring (bicyclic) bond motifs is 11. The van der Waals surface area contributed by atoms with Gasteiger partial charge in [0.25, 0.3) is 0 Å². The molecule has 1 aliphatic rings. The van der Waals surface area contributed by atoms with Gasteiger partial charge in [0.1, 0.15) is 22.8 Å². The van der Waals surface area contributed by atoms with Crippen molar-refractivity contribution in [3.8, 4) is 17.2 Å². The highest BCUT2D eigenvalue weighted by atomic mass is 28.3. The van der Waals surface area contributed by atoms with Crippen molar-refractivity contribution >= 4 is 107 Å². The fraction of sp³-hybridized carbons (Fsp3) is 0. The maximum Gasteiger partial charge on any atom is 0.188 e. The summed E-state index contributed by atoms with van der Waals surface area (Å²) in [6.45, 7) is 0. The third-order valence-corrected chi connectivity index (χ3v) is 24.3. The normalized spacial score (nSPS) is 13.2. The molecule has 0 spiro atoms. The lowest BCUT2D eigenvalue weighted by Crippen LogP contribution is -2.76. The zero-order valence-corrected chi connectivity index (χ0v) is 39.4. The highest BCUT2D eigenvalue weighted by Crippen LogP contribution is 2.37. The Bertz CT molecular complexity index is 4040. The molecule has 69 heavy (non-hydrogen) atoms. The molecule has 0 bridgehead atoms. The molecular formula is C62H42N4OSi2. The summed E-state index contributed by atoms with van der Waals surface area (Å²) in [4.78, 5) is 10.2. The van der Waals surface area contributed by atoms with Crippen LogP contribution in [0.4, 0.5) is 0 Å². The molecule has 0 atom stereocenters. The number of ether oxygens (including phenoxy) is 1. The highest BCUT2D eigenvalue weighted by Gasteiger charge is 2.48. The SMILES string of the molecule is c1ccc([Si](c2ccccc2)(c2cccc(-n3c4cc5c(cc4c4cccnc43)[Si](c3ccccc3)(c3ccccc3)c3ccccc3O5)c2)c2ccc3c4ccccc4n4ccnc4c3c2)cc1. The molecule has 1 aliphatic heterocycles. The van der Waals surface area contributed by atoms with Crippen molar-refractivity contribution in [1.29, 1.82) is 0 Å². The molecule has 0 amide bonds. The van der Waals surface area contributed by atoms with Crippen LogP contribution in [0, 0.1) is 0 Å². The fourth-order valence-electron chi connectivity index (χ4n) is 11.9. The van der Waals surface area contributed by atoms with Gasteiger partial charge in [-0.05, 0) is 89.3 Å². The smallest absolute Gasteiger partial charge is 0.188 e. The van der Waals surface area contributed by atoms with Gasteiger partial charge in [-0.2, -0.15) is 0 Å². The molecular weight excluding hydrogens is 873 g/mol. The second-order valence-corrected chi connectivity index (χ2v) is 25.6. The Morgan fingerprint density at radius 1 is 0.377 bits per heavy atom. The third kappa shape index (κ3) is 5.69. The van der Waals surface area contributed by atoms with Crippen molar-refractivity contribution in [2.75, 3.05) is 0 Å². The van der Waals surface area contributed by atoms with Crippen molar-refractivity contribution in [3.05, 3.63) is 255 Å². The molecule has 0 saturated heterocycles. The Hall–Kier alpha value is -8.63. The fourth-order valence-corrected chi connectivity index (χ4v) is 21.6. The maximum absolute atomic E-state index is 7.11. The maximum atomic E-state index is 7.11. The van der Waals surface area contributed by atoms with E-state index in [0.29, 0.717) is 0 Å². The Morgan fingerprint density at radius 2 is 1.00 bits per heavy atom. The minimum absolute atomic E-state index is 0.882. The van der Waals surface area contributed by atoms with E-state index in [1.807, 2.05) is 12.4 Å². The van der Waals surface area contributed by atoms with Gasteiger partial charge < -0.3 is 4.74 Å². The lowest BCUT2D eigenvalue weighted by Gasteiger charge is -2.39. The van der Waals surface area contributed by atoms with Gasteiger partial charge in [0, 0.05) is 51.9 Å². The first kappa shape index (κ1) is 39.5. The molecule has 14 rings (SSSR count). The van der Waals surface area contributed by atoms with Crippen LogP contribution >= 0.6 is 0 Å². The minimum atomic E-state index is -3.08. The van der Waals surface area contributed by atoms with Crippen molar-refractivity contribution in [2.45, 2.75) is 0 Å². The van der Waals surface area contributed by atoms with Crippen LogP contribution in [0.5, 0.6) is 11.5 Å². The molecule has 0 radical (unpaired) electrons. The number of imidazole rings is 1. The van der Waals surface area contributed by atoms with Crippen LogP contribution in [0.3, 0.4) is 0 Å². The van der Waals surface area contributed by atoms with E-state index in [9.17, 15) is 0 Å². The van der Waals surface area contributed by atoms with Gasteiger partial charge in [-0.3, -0.25) is 8.97 Å². The summed E-state index contributed by atoms with van der Waals surface area (Å²) in [5.41, 5.74) is 5.11. The molecule has 0 unspecified atom stereocenters. The molecule has 0 N–H and O–H groups in total. The first-order chi connectivity index (χ1) is 34.2. The van der Waals surface area contributed by atoms with Gasteiger partial charge in [-0.15, -0.1) is 0 Å². The molecule has 9 aromatic carbocycles. The molecule has 0 aliphatic carbocycles. The average molecular weight is 915 g/mol. The van der Waals surface area contributed by atoms with Crippen LogP contribution in [-0.2, 0) is 0 Å². The Morgan fingerprint density at radius 3 is 1.75 bits per heavy atom. The average Bonchev–Trinajstić information content (AvgIpc) is 4.05. The first-order valence-corrected chi connectivity index (χ1v) is 27.5. The van der Waals surface area contributed by atoms with Crippen LogP contribution in [0.15, 0.2) is 255 Å². The van der Waals surface area contributed by atoms with E-state index in [4.69, 9.17) is 14.7 Å². The van der Waals surface area contributed by atoms with Gasteiger partial charge >= 0.3 is 0 Å². The number of hydrogen-bond donors (Lipinski definition) is 0. The largest absolute Gasteiger partial charge is 0.457 e. The Kier molecular flexibility index (Phi) is 8.86. The summed E-state index contributed by atoms with van der Waals surface area (Å²) >= 11 is 0. The second kappa shape index (κ2) is 15.5. The molecule has 13 aromatic rings. The predicted molar refractivity (Wildman–Crippen MR) is 290 cm³/mol. The molecule has 324 valence electrons. The summed E-state index contributed by atoms with van der Waals surface area (Å²) < 4.78 is 11.7. The van der Waals surface area contributed by atoms with Crippen LogP contribution in [0.2, 0.25) is 0 Å². The molecule has 5 nitrogen and oxygen atoms in total. The number of pyridine rings is 2. The van der Waals surface area contributed by atoms with E-state index in [1.165, 1.54) is 52.3 Å². The molecule has 0 saturated carbocycles. The van der Waals surface area contributed by atoms with Crippen molar-refractivity contribution in [2.24, 2.45) is 0 Å². The molecule has 5 heterocycles. The molecule has 7 heteroatoms. The minimum Gasteiger partial charge on any atom is -0.457 e. The lowest BCUT2D eigenvalue weighted by molar-refractivity contribution is 0.487. The van der Waals surface area contributed by atoms with Gasteiger partial charge in [0.2, 0.25) is 0 Å². The standard InChI is InChI=1S/C62H42N4OSi2/c1-5-20-44(21-6-1)68(45-22-7-2-8-23-45,49-34-35-50-51-29-13-14-31-55(51)65-38-37-64-61(65)54(50)40-49)48-28-17-19-43(39-48)66-56-42-58-60(41-53(56)52-30-18-36-63-62(52)66)69(46-24-9-3-10-25-46,47-26-11-4-12-27-47)59-33-16-15-32-57(59)67-58/h1-42H. The number of hydrogen-bond acceptors (Lipinski definition) is 3. The second-order valence-electron chi connectivity index (χ2n) is 18.1. The van der Waals surface area contributed by atoms with E-state index in [2.05, 4.69) is 252 Å². The summed E-state index contributed by atoms with van der Waals surface area (Å²) in [6, 6.07) is 87.4. The topological polar surface area (TPSA) is 44.4 Å². The first-order valence-electron chi connectivity index (χ1n) is 23.5. The van der Waals surface area contributed by atoms with Gasteiger partial charge in [-0.1, -0.05) is 188 Å². The van der Waals surface area contributed by atoms with E-state index >= 15 is 0 Å². The quantitative estimate of drug-likeness (QED) is 0.0912. The number of nitrogens with zero attached hydrogens (tertiary/aromatic N) is 4. The number of rotatable bonds is 7. The van der Waals surface area contributed by atoms with Gasteiger partial charge in [0.15, 0.2) is 16.1 Å². The van der Waals surface area contributed by atoms with Crippen molar-refractivity contribution in [1.82, 2.24) is 18.9 Å². The number of aromatic nitrogens is 4. The molecule has 0 fully saturated rings. The van der Waals surface area contributed by atoms with E-state index in [-0.39, 0.29) is 0 Å². The summed E-state index contributed by atoms with van der Waals surface area (Å²) in [5.74, 6) is 1.79. The zero-order chi connectivity index (χ0) is 45.5. The molecule has 4 aromatic heterocycles. The summed E-state index contributed by atoms with van der Waals surface area (Å²) in [5, 5.41) is 16.1.